The number of ether oxygens (including phenoxy) is 1. The fourth-order valence-electron chi connectivity index (χ4n) is 9.46. The lowest BCUT2D eigenvalue weighted by Gasteiger charge is -2.50. The molecule has 3 aliphatic heterocycles. The van der Waals surface area contributed by atoms with Gasteiger partial charge in [-0.2, -0.15) is 0 Å². The summed E-state index contributed by atoms with van der Waals surface area (Å²) >= 11 is 1.86. The van der Waals surface area contributed by atoms with E-state index in [4.69, 9.17) is 4.74 Å². The van der Waals surface area contributed by atoms with E-state index in [0.29, 0.717) is 0 Å². The van der Waals surface area contributed by atoms with Crippen LogP contribution in [0.3, 0.4) is 0 Å². The fraction of sp³-hybridized carbons (Fsp3) is 0. The summed E-state index contributed by atoms with van der Waals surface area (Å²) in [5, 5.41) is 11.3. The van der Waals surface area contributed by atoms with E-state index in [0.717, 1.165) is 11.5 Å². The third-order valence-corrected chi connectivity index (χ3v) is 22.9. The van der Waals surface area contributed by atoms with E-state index in [1.807, 2.05) is 11.8 Å². The molecule has 0 bridgehead atoms. The molecule has 0 radical (unpaired) electrons. The Bertz CT molecular complexity index is 2580. The molecule has 5 heteroatoms. The zero-order chi connectivity index (χ0) is 35.0. The molecular formula is C48H33NOSSi2. The zero-order valence-electron chi connectivity index (χ0n) is 28.8. The second kappa shape index (κ2) is 11.8. The average molecular weight is 728 g/mol. The van der Waals surface area contributed by atoms with E-state index in [9.17, 15) is 0 Å². The van der Waals surface area contributed by atoms with E-state index in [2.05, 4.69) is 205 Å². The van der Waals surface area contributed by atoms with Crippen molar-refractivity contribution >= 4 is 86.5 Å². The summed E-state index contributed by atoms with van der Waals surface area (Å²) < 4.78 is 6.83. The molecule has 0 amide bonds. The number of para-hydroxylation sites is 4. The SMILES string of the molecule is c1ccc([Si]2(c3ccccc3)c3ccccc3[Si]3(c4ccccc4Oc4ccccc43)c3cc(N4c5ccccc5Sc5ccccc54)ccc32)cc1. The molecule has 8 aromatic carbocycles. The first-order chi connectivity index (χ1) is 26.3. The number of benzene rings is 8. The summed E-state index contributed by atoms with van der Waals surface area (Å²) in [4.78, 5) is 5.02. The van der Waals surface area contributed by atoms with Crippen molar-refractivity contribution in [1.82, 2.24) is 0 Å². The van der Waals surface area contributed by atoms with Gasteiger partial charge < -0.3 is 9.64 Å². The monoisotopic (exact) mass is 727 g/mol. The Morgan fingerprint density at radius 1 is 0.358 bits per heavy atom. The molecule has 8 aromatic rings. The van der Waals surface area contributed by atoms with Crippen LogP contribution in [-0.4, -0.2) is 16.1 Å². The van der Waals surface area contributed by atoms with Gasteiger partial charge in [0.1, 0.15) is 11.5 Å². The predicted octanol–water partition coefficient (Wildman–Crippen LogP) is 6.79. The maximum absolute atomic E-state index is 6.83. The van der Waals surface area contributed by atoms with Crippen LogP contribution in [0.5, 0.6) is 11.5 Å². The van der Waals surface area contributed by atoms with Gasteiger partial charge >= 0.3 is 0 Å². The molecule has 53 heavy (non-hydrogen) atoms. The van der Waals surface area contributed by atoms with Crippen LogP contribution in [0.1, 0.15) is 0 Å². The molecule has 0 N–H and O–H groups in total. The molecular weight excluding hydrogens is 695 g/mol. The van der Waals surface area contributed by atoms with Crippen LogP contribution in [0.4, 0.5) is 17.1 Å². The molecule has 3 aliphatic rings. The van der Waals surface area contributed by atoms with Crippen LogP contribution in [0, 0.1) is 0 Å². The lowest BCUT2D eigenvalue weighted by atomic mass is 10.2. The van der Waals surface area contributed by atoms with Crippen molar-refractivity contribution in [1.29, 1.82) is 0 Å². The molecule has 1 spiro atoms. The molecule has 0 aliphatic carbocycles. The van der Waals surface area contributed by atoms with E-state index in [1.165, 1.54) is 68.3 Å². The highest BCUT2D eigenvalue weighted by Gasteiger charge is 2.59. The summed E-state index contributed by atoms with van der Waals surface area (Å²) in [6.07, 6.45) is 0. The summed E-state index contributed by atoms with van der Waals surface area (Å²) in [7, 11) is -5.88. The largest absolute Gasteiger partial charge is 0.458 e. The van der Waals surface area contributed by atoms with E-state index >= 15 is 0 Å². The summed E-state index contributed by atoms with van der Waals surface area (Å²) in [5.41, 5.74) is 3.61. The van der Waals surface area contributed by atoms with Crippen LogP contribution in [-0.2, 0) is 0 Å². The maximum Gasteiger partial charge on any atom is 0.188 e. The van der Waals surface area contributed by atoms with Gasteiger partial charge in [0.15, 0.2) is 16.1 Å². The zero-order valence-corrected chi connectivity index (χ0v) is 31.6. The first-order valence-electron chi connectivity index (χ1n) is 18.2. The number of anilines is 3. The minimum absolute atomic E-state index is 0.961. The molecule has 2 nitrogen and oxygen atoms in total. The van der Waals surface area contributed by atoms with Crippen LogP contribution < -0.4 is 51.1 Å². The lowest BCUT2D eigenvalue weighted by molar-refractivity contribution is 0.487. The Labute approximate surface area is 316 Å². The highest BCUT2D eigenvalue weighted by molar-refractivity contribution is 7.99. The van der Waals surface area contributed by atoms with Gasteiger partial charge in [-0.05, 0) is 90.0 Å². The van der Waals surface area contributed by atoms with Crippen molar-refractivity contribution < 1.29 is 4.74 Å². The van der Waals surface area contributed by atoms with Gasteiger partial charge in [-0.25, -0.2) is 0 Å². The van der Waals surface area contributed by atoms with Gasteiger partial charge in [-0.3, -0.25) is 0 Å². The summed E-state index contributed by atoms with van der Waals surface area (Å²) in [5.74, 6) is 1.92. The predicted molar refractivity (Wildman–Crippen MR) is 226 cm³/mol. The van der Waals surface area contributed by atoms with Crippen molar-refractivity contribution in [3.05, 3.63) is 200 Å². The number of fused-ring (bicyclic) bond motifs is 10. The second-order valence-corrected chi connectivity index (χ2v) is 22.4. The Morgan fingerprint density at radius 2 is 0.792 bits per heavy atom. The van der Waals surface area contributed by atoms with E-state index in [-0.39, 0.29) is 0 Å². The minimum atomic E-state index is -3.01. The molecule has 0 aromatic heterocycles. The van der Waals surface area contributed by atoms with Crippen molar-refractivity contribution in [3.63, 3.8) is 0 Å². The Hall–Kier alpha value is -5.86. The van der Waals surface area contributed by atoms with E-state index < -0.39 is 16.1 Å². The fourth-order valence-corrected chi connectivity index (χ4v) is 22.8. The Kier molecular flexibility index (Phi) is 6.86. The first kappa shape index (κ1) is 30.7. The van der Waals surface area contributed by atoms with Crippen LogP contribution >= 0.6 is 11.8 Å². The number of hydrogen-bond donors (Lipinski definition) is 0. The van der Waals surface area contributed by atoms with Gasteiger partial charge in [0.25, 0.3) is 0 Å². The highest BCUT2D eigenvalue weighted by atomic mass is 32.2. The molecule has 0 unspecified atom stereocenters. The molecule has 250 valence electrons. The van der Waals surface area contributed by atoms with Crippen LogP contribution in [0.15, 0.2) is 210 Å². The molecule has 0 atom stereocenters. The van der Waals surface area contributed by atoms with E-state index in [1.54, 1.807) is 0 Å². The van der Waals surface area contributed by atoms with Crippen LogP contribution in [0.2, 0.25) is 0 Å². The third kappa shape index (κ3) is 4.21. The Morgan fingerprint density at radius 3 is 1.36 bits per heavy atom. The molecule has 3 heterocycles. The second-order valence-electron chi connectivity index (χ2n) is 14.0. The van der Waals surface area contributed by atoms with Crippen molar-refractivity contribution in [2.45, 2.75) is 9.79 Å². The maximum atomic E-state index is 6.83. The van der Waals surface area contributed by atoms with Gasteiger partial charge in [0.2, 0.25) is 0 Å². The first-order valence-corrected chi connectivity index (χ1v) is 23.0. The van der Waals surface area contributed by atoms with Crippen molar-refractivity contribution in [2.75, 3.05) is 4.90 Å². The molecule has 0 fully saturated rings. The lowest BCUT2D eigenvalue weighted by Crippen LogP contribution is -2.93. The summed E-state index contributed by atoms with van der Waals surface area (Å²) in [6, 6.07) is 75.1. The third-order valence-electron chi connectivity index (χ3n) is 11.5. The number of rotatable bonds is 3. The minimum Gasteiger partial charge on any atom is -0.458 e. The normalized spacial score (nSPS) is 15.1. The number of nitrogens with zero attached hydrogens (tertiary/aromatic N) is 1. The smallest absolute Gasteiger partial charge is 0.188 e. The van der Waals surface area contributed by atoms with Gasteiger partial charge in [0, 0.05) is 15.5 Å². The molecule has 11 rings (SSSR count). The van der Waals surface area contributed by atoms with Crippen molar-refractivity contribution in [2.24, 2.45) is 0 Å². The van der Waals surface area contributed by atoms with Crippen molar-refractivity contribution in [3.8, 4) is 11.5 Å². The van der Waals surface area contributed by atoms with Gasteiger partial charge in [-0.15, -0.1) is 0 Å². The topological polar surface area (TPSA) is 12.5 Å². The van der Waals surface area contributed by atoms with Crippen LogP contribution in [0.25, 0.3) is 0 Å². The number of hydrogen-bond acceptors (Lipinski definition) is 3. The van der Waals surface area contributed by atoms with Gasteiger partial charge in [-0.1, -0.05) is 163 Å². The molecule has 0 saturated carbocycles. The summed E-state index contributed by atoms with van der Waals surface area (Å²) in [6.45, 7) is 0. The van der Waals surface area contributed by atoms with Gasteiger partial charge in [0.05, 0.1) is 11.4 Å². The highest BCUT2D eigenvalue weighted by Crippen LogP contribution is 2.51. The molecule has 0 saturated heterocycles. The average Bonchev–Trinajstić information content (AvgIpc) is 3.23. The standard InChI is InChI=1S/C48H33NOSSi2/c1-3-17-35(18-4-1)52(36-19-5-2-6-20-36)45-29-15-16-30-46(45)53(43-27-13-9-23-39(43)50-40-24-10-14-28-44(40)53)48-33-34(31-32-47(48)52)49-37-21-7-11-25-41(37)51-42-26-12-8-22-38(42)49/h1-33H. The quantitative estimate of drug-likeness (QED) is 0.186. The Balaban J connectivity index is 1.33.